The van der Waals surface area contributed by atoms with Crippen LogP contribution in [-0.2, 0) is 4.79 Å². The largest absolute Gasteiger partial charge is 0.486 e. The van der Waals surface area contributed by atoms with Gasteiger partial charge < -0.3 is 20.1 Å². The molecule has 0 radical (unpaired) electrons. The minimum absolute atomic E-state index is 0.0719. The van der Waals surface area contributed by atoms with Crippen molar-refractivity contribution in [1.29, 1.82) is 0 Å². The summed E-state index contributed by atoms with van der Waals surface area (Å²) < 4.78 is 12.9. The summed E-state index contributed by atoms with van der Waals surface area (Å²) in [5.41, 5.74) is 3.22. The van der Waals surface area contributed by atoms with Crippen molar-refractivity contribution < 1.29 is 19.1 Å². The smallest absolute Gasteiger partial charge is 0.255 e. The number of rotatable bonds is 5. The van der Waals surface area contributed by atoms with Crippen molar-refractivity contribution in [2.45, 2.75) is 13.3 Å². The van der Waals surface area contributed by atoms with E-state index < -0.39 is 0 Å². The van der Waals surface area contributed by atoms with E-state index in [1.54, 1.807) is 60.0 Å². The Hall–Kier alpha value is -4.40. The van der Waals surface area contributed by atoms with Crippen LogP contribution in [0.25, 0.3) is 17.0 Å². The van der Waals surface area contributed by atoms with Crippen molar-refractivity contribution in [2.75, 3.05) is 23.8 Å². The van der Waals surface area contributed by atoms with Crippen LogP contribution in [0.1, 0.15) is 23.7 Å². The highest BCUT2D eigenvalue weighted by Gasteiger charge is 2.14. The molecule has 2 N–H and O–H groups in total. The molecule has 0 aliphatic carbocycles. The van der Waals surface area contributed by atoms with Gasteiger partial charge in [0.05, 0.1) is 5.69 Å². The Bertz CT molecular complexity index is 1350. The first-order valence-electron chi connectivity index (χ1n) is 10.6. The van der Waals surface area contributed by atoms with E-state index in [-0.39, 0.29) is 11.8 Å². The summed E-state index contributed by atoms with van der Waals surface area (Å²) in [5.74, 6) is 1.58. The van der Waals surface area contributed by atoms with Crippen molar-refractivity contribution in [3.8, 4) is 22.9 Å². The molecular formula is C24H21N5O4. The number of nitrogens with zero attached hydrogens (tertiary/aromatic N) is 3. The van der Waals surface area contributed by atoms with Gasteiger partial charge in [-0.15, -0.1) is 10.2 Å². The highest BCUT2D eigenvalue weighted by Crippen LogP contribution is 2.32. The second kappa shape index (κ2) is 8.62. The molecular weight excluding hydrogens is 422 g/mol. The van der Waals surface area contributed by atoms with E-state index in [1.165, 1.54) is 0 Å². The summed E-state index contributed by atoms with van der Waals surface area (Å²) in [7, 11) is 0. The van der Waals surface area contributed by atoms with Crippen LogP contribution in [0.5, 0.6) is 11.5 Å². The van der Waals surface area contributed by atoms with Crippen LogP contribution in [0.15, 0.2) is 60.8 Å². The van der Waals surface area contributed by atoms with Crippen molar-refractivity contribution in [3.05, 3.63) is 66.4 Å². The lowest BCUT2D eigenvalue weighted by atomic mass is 10.1. The zero-order chi connectivity index (χ0) is 22.8. The number of ether oxygens (including phenoxy) is 2. The quantitative estimate of drug-likeness (QED) is 0.486. The molecule has 1 aliphatic rings. The van der Waals surface area contributed by atoms with Gasteiger partial charge in [0.15, 0.2) is 23.0 Å². The lowest BCUT2D eigenvalue weighted by Crippen LogP contribution is -2.16. The number of hydrogen-bond acceptors (Lipinski definition) is 6. The highest BCUT2D eigenvalue weighted by atomic mass is 16.6. The molecule has 0 unspecified atom stereocenters. The first-order valence-corrected chi connectivity index (χ1v) is 10.6. The Kier molecular flexibility index (Phi) is 5.35. The van der Waals surface area contributed by atoms with Gasteiger partial charge in [0, 0.05) is 35.5 Å². The molecule has 2 aromatic carbocycles. The number of benzene rings is 2. The van der Waals surface area contributed by atoms with E-state index in [2.05, 4.69) is 20.8 Å². The molecule has 33 heavy (non-hydrogen) atoms. The van der Waals surface area contributed by atoms with E-state index in [0.717, 1.165) is 5.56 Å². The zero-order valence-electron chi connectivity index (χ0n) is 17.9. The summed E-state index contributed by atoms with van der Waals surface area (Å²) in [6, 6.07) is 16.0. The van der Waals surface area contributed by atoms with E-state index in [4.69, 9.17) is 9.47 Å². The summed E-state index contributed by atoms with van der Waals surface area (Å²) in [5, 5.41) is 14.2. The van der Waals surface area contributed by atoms with Crippen LogP contribution in [0.3, 0.4) is 0 Å². The second-order valence-corrected chi connectivity index (χ2v) is 7.46. The molecule has 9 nitrogen and oxygen atoms in total. The van der Waals surface area contributed by atoms with Gasteiger partial charge in [0.1, 0.15) is 13.2 Å². The van der Waals surface area contributed by atoms with E-state index >= 15 is 0 Å². The second-order valence-electron chi connectivity index (χ2n) is 7.46. The predicted octanol–water partition coefficient (Wildman–Crippen LogP) is 3.77. The Morgan fingerprint density at radius 3 is 2.45 bits per heavy atom. The topological polar surface area (TPSA) is 107 Å². The molecule has 0 saturated heterocycles. The fourth-order valence-electron chi connectivity index (χ4n) is 3.51. The maximum atomic E-state index is 12.7. The fraction of sp³-hybridized carbons (Fsp3) is 0.167. The van der Waals surface area contributed by atoms with E-state index in [9.17, 15) is 9.59 Å². The summed E-state index contributed by atoms with van der Waals surface area (Å²) in [6.45, 7) is 2.79. The molecule has 3 heterocycles. The predicted molar refractivity (Wildman–Crippen MR) is 123 cm³/mol. The number of fused-ring (bicyclic) bond motifs is 2. The lowest BCUT2D eigenvalue weighted by molar-refractivity contribution is -0.115. The molecule has 0 fully saturated rings. The summed E-state index contributed by atoms with van der Waals surface area (Å²) in [4.78, 5) is 24.4. The number of hydrogen-bond donors (Lipinski definition) is 2. The number of nitrogens with one attached hydrogen (secondary N) is 2. The van der Waals surface area contributed by atoms with Crippen molar-refractivity contribution in [1.82, 2.24) is 14.6 Å². The number of aromatic nitrogens is 3. The van der Waals surface area contributed by atoms with Gasteiger partial charge in [-0.2, -0.15) is 0 Å². The van der Waals surface area contributed by atoms with Gasteiger partial charge >= 0.3 is 0 Å². The first-order chi connectivity index (χ1) is 16.1. The van der Waals surface area contributed by atoms with Crippen LogP contribution in [-0.4, -0.2) is 39.6 Å². The molecule has 0 saturated carbocycles. The number of pyridine rings is 1. The zero-order valence-corrected chi connectivity index (χ0v) is 17.9. The molecule has 2 aromatic heterocycles. The van der Waals surface area contributed by atoms with Crippen molar-refractivity contribution >= 4 is 28.8 Å². The van der Waals surface area contributed by atoms with Crippen LogP contribution in [0, 0.1) is 0 Å². The van der Waals surface area contributed by atoms with Crippen LogP contribution in [0.4, 0.5) is 11.4 Å². The minimum atomic E-state index is -0.242. The van der Waals surface area contributed by atoms with Crippen molar-refractivity contribution in [3.63, 3.8) is 0 Å². The number of amides is 2. The third-order valence-electron chi connectivity index (χ3n) is 5.21. The first kappa shape index (κ1) is 20.5. The third-order valence-corrected chi connectivity index (χ3v) is 5.21. The molecule has 1 aliphatic heterocycles. The molecule has 2 amide bonds. The SMILES string of the molecule is CCC(=O)Nc1ccc2nnc(-c3ccc(C(=O)Nc4ccc5c(c4)OCCO5)cc3)n2c1. The number of carbonyl (C=O) groups excluding carboxylic acids is 2. The molecule has 9 heteroatoms. The van der Waals surface area contributed by atoms with Gasteiger partial charge in [-0.1, -0.05) is 19.1 Å². The van der Waals surface area contributed by atoms with Gasteiger partial charge in [-0.05, 0) is 36.4 Å². The fourth-order valence-corrected chi connectivity index (χ4v) is 3.51. The standard InChI is InChI=1S/C24H21N5O4/c1-2-22(30)25-18-8-10-21-27-28-23(29(21)14-18)15-3-5-16(6-4-15)24(31)26-17-7-9-19-20(13-17)33-12-11-32-19/h3-10,13-14H,2,11-12H2,1H3,(H,25,30)(H,26,31). The van der Waals surface area contributed by atoms with E-state index in [1.807, 2.05) is 12.1 Å². The monoisotopic (exact) mass is 443 g/mol. The van der Waals surface area contributed by atoms with E-state index in [0.29, 0.717) is 59.5 Å². The average Bonchev–Trinajstić information content (AvgIpc) is 3.27. The minimum Gasteiger partial charge on any atom is -0.486 e. The molecule has 5 rings (SSSR count). The van der Waals surface area contributed by atoms with Gasteiger partial charge in [-0.25, -0.2) is 0 Å². The Morgan fingerprint density at radius 1 is 0.909 bits per heavy atom. The maximum absolute atomic E-state index is 12.7. The Labute approximate surface area is 189 Å². The number of anilines is 2. The van der Waals surface area contributed by atoms with Crippen LogP contribution < -0.4 is 20.1 Å². The van der Waals surface area contributed by atoms with Gasteiger partial charge in [0.2, 0.25) is 5.91 Å². The average molecular weight is 443 g/mol. The molecule has 0 atom stereocenters. The maximum Gasteiger partial charge on any atom is 0.255 e. The Morgan fingerprint density at radius 2 is 1.67 bits per heavy atom. The molecule has 0 bridgehead atoms. The van der Waals surface area contributed by atoms with Gasteiger partial charge in [-0.3, -0.25) is 14.0 Å². The summed E-state index contributed by atoms with van der Waals surface area (Å²) in [6.07, 6.45) is 2.17. The highest BCUT2D eigenvalue weighted by molar-refractivity contribution is 6.04. The molecule has 4 aromatic rings. The van der Waals surface area contributed by atoms with Crippen molar-refractivity contribution in [2.24, 2.45) is 0 Å². The van der Waals surface area contributed by atoms with Crippen LogP contribution >= 0.6 is 0 Å². The molecule has 166 valence electrons. The Balaban J connectivity index is 1.35. The summed E-state index contributed by atoms with van der Waals surface area (Å²) >= 11 is 0. The normalized spacial score (nSPS) is 12.4. The lowest BCUT2D eigenvalue weighted by Gasteiger charge is -2.19. The van der Waals surface area contributed by atoms with Gasteiger partial charge in [0.25, 0.3) is 5.91 Å². The molecule has 0 spiro atoms. The third kappa shape index (κ3) is 4.20. The van der Waals surface area contributed by atoms with Crippen LogP contribution in [0.2, 0.25) is 0 Å². The number of carbonyl (C=O) groups is 2.